The van der Waals surface area contributed by atoms with Crippen molar-refractivity contribution in [3.63, 3.8) is 0 Å². The Hall–Kier alpha value is -3.14. The number of alkyl halides is 3. The Kier molecular flexibility index (Phi) is 6.52. The minimum atomic E-state index is -5.01. The average Bonchev–Trinajstić information content (AvgIpc) is 2.81. The summed E-state index contributed by atoms with van der Waals surface area (Å²) in [6, 6.07) is 11.1. The first kappa shape index (κ1) is 25.0. The van der Waals surface area contributed by atoms with Gasteiger partial charge in [0.1, 0.15) is 11.4 Å². The van der Waals surface area contributed by atoms with Crippen LogP contribution in [-0.2, 0) is 19.9 Å². The maximum absolute atomic E-state index is 14.3. The van der Waals surface area contributed by atoms with E-state index in [-0.39, 0.29) is 44.0 Å². The van der Waals surface area contributed by atoms with Gasteiger partial charge in [0.15, 0.2) is 0 Å². The molecule has 35 heavy (non-hydrogen) atoms. The van der Waals surface area contributed by atoms with Gasteiger partial charge in [0.25, 0.3) is 11.5 Å². The van der Waals surface area contributed by atoms with E-state index >= 15 is 0 Å². The minimum Gasteiger partial charge on any atom is -0.442 e. The number of hydrogen-bond donors (Lipinski definition) is 1. The number of aryl methyl sites for hydroxylation is 1. The number of methoxy groups -OCH3 is 1. The highest BCUT2D eigenvalue weighted by Crippen LogP contribution is 2.46. The van der Waals surface area contributed by atoms with Crippen molar-refractivity contribution >= 4 is 12.0 Å². The van der Waals surface area contributed by atoms with E-state index in [0.717, 1.165) is 17.6 Å². The molecule has 2 heterocycles. The van der Waals surface area contributed by atoms with E-state index in [0.29, 0.717) is 5.56 Å². The number of carbonyl (C=O) groups is 2. The molecule has 4 rings (SSSR count). The molecule has 2 aromatic carbocycles. The number of benzene rings is 2. The van der Waals surface area contributed by atoms with Crippen LogP contribution in [0.25, 0.3) is 0 Å². The Morgan fingerprint density at radius 2 is 1.80 bits per heavy atom. The molecule has 10 heteroatoms. The number of alkyl carbamates (subject to hydrolysis) is 1. The summed E-state index contributed by atoms with van der Waals surface area (Å²) >= 11 is 0. The number of likely N-dealkylation sites (tertiary alicyclic amines) is 1. The summed E-state index contributed by atoms with van der Waals surface area (Å²) in [5.74, 6) is -1.98. The van der Waals surface area contributed by atoms with Crippen LogP contribution in [0.1, 0.15) is 35.4 Å². The lowest BCUT2D eigenvalue weighted by Gasteiger charge is -2.49. The molecule has 2 amide bonds. The molecule has 0 unspecified atom stereocenters. The number of halogens is 4. The largest absolute Gasteiger partial charge is 0.442 e. The van der Waals surface area contributed by atoms with Gasteiger partial charge in [-0.1, -0.05) is 36.4 Å². The van der Waals surface area contributed by atoms with Crippen LogP contribution in [-0.4, -0.2) is 55.4 Å². The van der Waals surface area contributed by atoms with Gasteiger partial charge < -0.3 is 19.7 Å². The lowest BCUT2D eigenvalue weighted by atomic mass is 9.73. The third-order valence-corrected chi connectivity index (χ3v) is 7.07. The standard InChI is InChI=1S/C25H26F4N2O4/c1-16-14-18(26)8-9-19(16)20-15-30-22(33)35-23(20)10-12-31(13-11-23)21(32)24(34-2,25(27,28)29)17-6-4-3-5-7-17/h3-9,14,20H,10-13,15H2,1-2H3,(H,30,33)/t20-,24-/m1/s1. The molecule has 0 bridgehead atoms. The van der Waals surface area contributed by atoms with E-state index in [2.05, 4.69) is 5.32 Å². The monoisotopic (exact) mass is 494 g/mol. The third-order valence-electron chi connectivity index (χ3n) is 7.07. The Labute approximate surface area is 200 Å². The Morgan fingerprint density at radius 1 is 1.14 bits per heavy atom. The molecule has 1 spiro atoms. The molecule has 2 saturated heterocycles. The number of rotatable bonds is 4. The van der Waals surface area contributed by atoms with Gasteiger partial charge >= 0.3 is 12.3 Å². The van der Waals surface area contributed by atoms with E-state index in [1.165, 1.54) is 36.4 Å². The highest BCUT2D eigenvalue weighted by Gasteiger charge is 2.64. The first-order chi connectivity index (χ1) is 16.5. The van der Waals surface area contributed by atoms with Crippen molar-refractivity contribution in [1.29, 1.82) is 0 Å². The molecule has 0 aliphatic carbocycles. The fourth-order valence-corrected chi connectivity index (χ4v) is 5.25. The number of hydrogen-bond acceptors (Lipinski definition) is 4. The summed E-state index contributed by atoms with van der Waals surface area (Å²) in [6.45, 7) is 1.83. The van der Waals surface area contributed by atoms with Gasteiger partial charge in [-0.05, 0) is 30.2 Å². The van der Waals surface area contributed by atoms with E-state index in [9.17, 15) is 27.2 Å². The number of nitrogens with one attached hydrogen (secondary N) is 1. The SMILES string of the molecule is CO[C@@](C(=O)N1CCC2(CC1)OC(=O)NC[C@@H]2c1ccc(F)cc1C)(c1ccccc1)C(F)(F)F. The molecule has 2 aromatic rings. The molecule has 0 aromatic heterocycles. The van der Waals surface area contributed by atoms with Crippen LogP contribution in [0.15, 0.2) is 48.5 Å². The summed E-state index contributed by atoms with van der Waals surface area (Å²) in [4.78, 5) is 26.7. The number of amides is 2. The molecule has 188 valence electrons. The number of ether oxygens (including phenoxy) is 2. The first-order valence-electron chi connectivity index (χ1n) is 11.2. The Bertz CT molecular complexity index is 1100. The molecular weight excluding hydrogens is 468 g/mol. The second kappa shape index (κ2) is 9.14. The second-order valence-electron chi connectivity index (χ2n) is 8.93. The van der Waals surface area contributed by atoms with Crippen LogP contribution in [0, 0.1) is 12.7 Å². The van der Waals surface area contributed by atoms with Crippen LogP contribution < -0.4 is 5.32 Å². The van der Waals surface area contributed by atoms with Crippen molar-refractivity contribution in [3.8, 4) is 0 Å². The molecule has 2 fully saturated rings. The smallest absolute Gasteiger partial charge is 0.430 e. The average molecular weight is 494 g/mol. The summed E-state index contributed by atoms with van der Waals surface area (Å²) in [6.07, 6.45) is -5.39. The van der Waals surface area contributed by atoms with Crippen LogP contribution in [0.5, 0.6) is 0 Å². The van der Waals surface area contributed by atoms with Crippen LogP contribution in [0.4, 0.5) is 22.4 Å². The maximum atomic E-state index is 14.3. The van der Waals surface area contributed by atoms with Crippen molar-refractivity contribution in [2.75, 3.05) is 26.7 Å². The summed E-state index contributed by atoms with van der Waals surface area (Å²) in [5, 5.41) is 2.65. The zero-order valence-corrected chi connectivity index (χ0v) is 19.3. The van der Waals surface area contributed by atoms with E-state index in [4.69, 9.17) is 9.47 Å². The van der Waals surface area contributed by atoms with Gasteiger partial charge in [0, 0.05) is 51.1 Å². The van der Waals surface area contributed by atoms with Crippen molar-refractivity contribution < 1.29 is 36.6 Å². The Balaban J connectivity index is 1.63. The summed E-state index contributed by atoms with van der Waals surface area (Å²) < 4.78 is 67.4. The minimum absolute atomic E-state index is 0.0725. The normalized spacial score (nSPS) is 21.7. The quantitative estimate of drug-likeness (QED) is 0.639. The molecule has 2 atom stereocenters. The van der Waals surface area contributed by atoms with Gasteiger partial charge in [-0.2, -0.15) is 13.2 Å². The second-order valence-corrected chi connectivity index (χ2v) is 8.93. The van der Waals surface area contributed by atoms with E-state index in [1.54, 1.807) is 19.1 Å². The van der Waals surface area contributed by atoms with Crippen LogP contribution in [0.2, 0.25) is 0 Å². The van der Waals surface area contributed by atoms with Gasteiger partial charge in [0.2, 0.25) is 0 Å². The summed E-state index contributed by atoms with van der Waals surface area (Å²) in [5.41, 5.74) is -3.06. The third kappa shape index (κ3) is 4.24. The van der Waals surface area contributed by atoms with E-state index < -0.39 is 35.2 Å². The molecule has 0 saturated carbocycles. The number of carbonyl (C=O) groups excluding carboxylic acids is 2. The van der Waals surface area contributed by atoms with Crippen molar-refractivity contribution in [1.82, 2.24) is 10.2 Å². The fraction of sp³-hybridized carbons (Fsp3) is 0.440. The van der Waals surface area contributed by atoms with Gasteiger partial charge in [-0.3, -0.25) is 4.79 Å². The fourth-order valence-electron chi connectivity index (χ4n) is 5.25. The summed E-state index contributed by atoms with van der Waals surface area (Å²) in [7, 11) is 0.867. The molecule has 6 nitrogen and oxygen atoms in total. The van der Waals surface area contributed by atoms with Crippen LogP contribution >= 0.6 is 0 Å². The van der Waals surface area contributed by atoms with Crippen molar-refractivity contribution in [2.24, 2.45) is 0 Å². The van der Waals surface area contributed by atoms with Gasteiger partial charge in [-0.15, -0.1) is 0 Å². The van der Waals surface area contributed by atoms with Crippen LogP contribution in [0.3, 0.4) is 0 Å². The molecule has 0 radical (unpaired) electrons. The number of nitrogens with zero attached hydrogens (tertiary/aromatic N) is 1. The molecule has 1 N–H and O–H groups in total. The zero-order valence-electron chi connectivity index (χ0n) is 19.3. The van der Waals surface area contributed by atoms with Crippen molar-refractivity contribution in [3.05, 3.63) is 71.0 Å². The lowest BCUT2D eigenvalue weighted by molar-refractivity contribution is -0.271. The first-order valence-corrected chi connectivity index (χ1v) is 11.2. The molecule has 2 aliphatic heterocycles. The van der Waals surface area contributed by atoms with Gasteiger partial charge in [0.05, 0.1) is 0 Å². The number of piperidine rings is 1. The topological polar surface area (TPSA) is 67.9 Å². The highest BCUT2D eigenvalue weighted by atomic mass is 19.4. The predicted octanol–water partition coefficient (Wildman–Crippen LogP) is 4.42. The van der Waals surface area contributed by atoms with Crippen molar-refractivity contribution in [2.45, 2.75) is 43.1 Å². The Morgan fingerprint density at radius 3 is 2.37 bits per heavy atom. The zero-order chi connectivity index (χ0) is 25.4. The predicted molar refractivity (Wildman–Crippen MR) is 118 cm³/mol. The van der Waals surface area contributed by atoms with Gasteiger partial charge in [-0.25, -0.2) is 9.18 Å². The molecular formula is C25H26F4N2O4. The van der Waals surface area contributed by atoms with E-state index in [1.807, 2.05) is 0 Å². The lowest BCUT2D eigenvalue weighted by Crippen LogP contribution is -2.62. The maximum Gasteiger partial charge on any atom is 0.430 e. The molecule has 2 aliphatic rings. The highest BCUT2D eigenvalue weighted by molar-refractivity contribution is 5.88.